The Balaban J connectivity index is 1.42. The summed E-state index contributed by atoms with van der Waals surface area (Å²) in [6.07, 6.45) is 1.54. The highest BCUT2D eigenvalue weighted by Gasteiger charge is 2.05. The number of hydroxylamine groups is 1. The molecule has 0 atom stereocenters. The van der Waals surface area contributed by atoms with Crippen LogP contribution in [0.5, 0.6) is 0 Å². The molecule has 4 aromatic rings. The Hall–Kier alpha value is -3.77. The maximum Gasteiger partial charge on any atom is 0.141 e. The zero-order chi connectivity index (χ0) is 20.1. The molecule has 0 saturated carbocycles. The van der Waals surface area contributed by atoms with Crippen LogP contribution in [0.25, 0.3) is 16.6 Å². The number of rotatable bonds is 7. The standard InChI is InChI=1S/C23H19FN4O/c1-16(28-29-14-17-9-11-19(24)12-10-17)18-5-4-6-20(13-18)27-23-21-7-2-3-8-22(21)25-15-26-23/h2-13,15,28H,1,14H2,(H,25,26,27). The fraction of sp³-hybridized carbons (Fsp3) is 0.0435. The smallest absolute Gasteiger partial charge is 0.141 e. The van der Waals surface area contributed by atoms with Crippen LogP contribution in [0.1, 0.15) is 11.1 Å². The van der Waals surface area contributed by atoms with E-state index < -0.39 is 0 Å². The van der Waals surface area contributed by atoms with E-state index in [1.807, 2.05) is 48.5 Å². The SMILES string of the molecule is C=C(NOCc1ccc(F)cc1)c1cccc(Nc2ncnc3ccccc23)c1. The van der Waals surface area contributed by atoms with Gasteiger partial charge in [0.1, 0.15) is 18.0 Å². The van der Waals surface area contributed by atoms with Crippen LogP contribution in [0.4, 0.5) is 15.9 Å². The number of halogens is 1. The third-order valence-corrected chi connectivity index (χ3v) is 4.36. The molecule has 0 saturated heterocycles. The van der Waals surface area contributed by atoms with Crippen molar-refractivity contribution < 1.29 is 9.23 Å². The van der Waals surface area contributed by atoms with Crippen molar-refractivity contribution >= 4 is 28.1 Å². The third kappa shape index (κ3) is 4.56. The van der Waals surface area contributed by atoms with Crippen LogP contribution in [-0.4, -0.2) is 9.97 Å². The fourth-order valence-corrected chi connectivity index (χ4v) is 2.87. The van der Waals surface area contributed by atoms with Crippen molar-refractivity contribution in [2.45, 2.75) is 6.61 Å². The predicted molar refractivity (Wildman–Crippen MR) is 113 cm³/mol. The topological polar surface area (TPSA) is 59.1 Å². The van der Waals surface area contributed by atoms with Crippen LogP contribution in [0, 0.1) is 5.82 Å². The summed E-state index contributed by atoms with van der Waals surface area (Å²) >= 11 is 0. The molecule has 0 radical (unpaired) electrons. The zero-order valence-corrected chi connectivity index (χ0v) is 15.6. The quantitative estimate of drug-likeness (QED) is 0.427. The lowest BCUT2D eigenvalue weighted by molar-refractivity contribution is 0.0648. The second-order valence-electron chi connectivity index (χ2n) is 6.44. The largest absolute Gasteiger partial charge is 0.340 e. The Morgan fingerprint density at radius 2 is 1.79 bits per heavy atom. The second-order valence-corrected chi connectivity index (χ2v) is 6.44. The van der Waals surface area contributed by atoms with E-state index in [1.54, 1.807) is 12.1 Å². The Bertz CT molecular complexity index is 1140. The van der Waals surface area contributed by atoms with Gasteiger partial charge in [0, 0.05) is 16.6 Å². The van der Waals surface area contributed by atoms with Gasteiger partial charge in [-0.05, 0) is 42.0 Å². The van der Waals surface area contributed by atoms with Gasteiger partial charge in [-0.15, -0.1) is 0 Å². The molecule has 2 N–H and O–H groups in total. The minimum atomic E-state index is -0.271. The Morgan fingerprint density at radius 1 is 0.966 bits per heavy atom. The van der Waals surface area contributed by atoms with Gasteiger partial charge >= 0.3 is 0 Å². The molecule has 0 aliphatic rings. The Kier molecular flexibility index (Phi) is 5.45. The molecule has 0 aliphatic carbocycles. The molecule has 6 heteroatoms. The Labute approximate surface area is 167 Å². The van der Waals surface area contributed by atoms with Gasteiger partial charge in [-0.25, -0.2) is 14.4 Å². The molecule has 0 aliphatic heterocycles. The minimum Gasteiger partial charge on any atom is -0.340 e. The maximum atomic E-state index is 13.0. The van der Waals surface area contributed by atoms with Gasteiger partial charge in [-0.2, -0.15) is 0 Å². The highest BCUT2D eigenvalue weighted by molar-refractivity contribution is 5.90. The average Bonchev–Trinajstić information content (AvgIpc) is 2.75. The first kappa shape index (κ1) is 18.6. The molecule has 0 bridgehead atoms. The van der Waals surface area contributed by atoms with Crippen LogP contribution in [0.15, 0.2) is 85.7 Å². The van der Waals surface area contributed by atoms with Crippen LogP contribution in [0.3, 0.4) is 0 Å². The van der Waals surface area contributed by atoms with E-state index in [0.717, 1.165) is 33.5 Å². The third-order valence-electron chi connectivity index (χ3n) is 4.36. The number of para-hydroxylation sites is 1. The predicted octanol–water partition coefficient (Wildman–Crippen LogP) is 5.20. The molecule has 0 amide bonds. The zero-order valence-electron chi connectivity index (χ0n) is 15.6. The number of anilines is 2. The van der Waals surface area contributed by atoms with E-state index in [2.05, 4.69) is 27.3 Å². The lowest BCUT2D eigenvalue weighted by atomic mass is 10.1. The summed E-state index contributed by atoms with van der Waals surface area (Å²) in [4.78, 5) is 14.1. The number of aromatic nitrogens is 2. The van der Waals surface area contributed by atoms with Gasteiger partial charge < -0.3 is 5.32 Å². The summed E-state index contributed by atoms with van der Waals surface area (Å²) in [6.45, 7) is 4.31. The van der Waals surface area contributed by atoms with Crippen molar-refractivity contribution in [3.05, 3.63) is 103 Å². The maximum absolute atomic E-state index is 13.0. The number of hydrogen-bond donors (Lipinski definition) is 2. The average molecular weight is 386 g/mol. The second kappa shape index (κ2) is 8.50. The molecule has 1 aromatic heterocycles. The summed E-state index contributed by atoms with van der Waals surface area (Å²) in [6, 6.07) is 21.7. The number of benzene rings is 3. The number of hydrogen-bond acceptors (Lipinski definition) is 5. The van der Waals surface area contributed by atoms with E-state index in [1.165, 1.54) is 18.5 Å². The molecule has 5 nitrogen and oxygen atoms in total. The molecule has 0 unspecified atom stereocenters. The molecule has 4 rings (SSSR count). The lowest BCUT2D eigenvalue weighted by Gasteiger charge is -2.13. The van der Waals surface area contributed by atoms with Gasteiger partial charge in [-0.1, -0.05) is 43.0 Å². The van der Waals surface area contributed by atoms with Crippen LogP contribution in [0.2, 0.25) is 0 Å². The van der Waals surface area contributed by atoms with Crippen molar-refractivity contribution in [1.82, 2.24) is 15.4 Å². The number of nitrogens with one attached hydrogen (secondary N) is 2. The van der Waals surface area contributed by atoms with Gasteiger partial charge in [0.05, 0.1) is 17.8 Å². The molecular formula is C23H19FN4O. The molecule has 0 spiro atoms. The molecule has 0 fully saturated rings. The molecule has 29 heavy (non-hydrogen) atoms. The van der Waals surface area contributed by atoms with E-state index in [-0.39, 0.29) is 5.82 Å². The highest BCUT2D eigenvalue weighted by atomic mass is 19.1. The normalized spacial score (nSPS) is 10.7. The number of nitrogens with zero attached hydrogens (tertiary/aromatic N) is 2. The monoisotopic (exact) mass is 386 g/mol. The number of fused-ring (bicyclic) bond motifs is 1. The first-order chi connectivity index (χ1) is 14.2. The van der Waals surface area contributed by atoms with Crippen LogP contribution >= 0.6 is 0 Å². The fourth-order valence-electron chi connectivity index (χ4n) is 2.87. The summed E-state index contributed by atoms with van der Waals surface area (Å²) in [5.74, 6) is 0.464. The van der Waals surface area contributed by atoms with Crippen molar-refractivity contribution in [2.75, 3.05) is 5.32 Å². The summed E-state index contributed by atoms with van der Waals surface area (Å²) in [5.41, 5.74) is 6.93. The van der Waals surface area contributed by atoms with Gasteiger partial charge in [0.15, 0.2) is 0 Å². The first-order valence-electron chi connectivity index (χ1n) is 9.07. The van der Waals surface area contributed by atoms with Crippen molar-refractivity contribution in [2.24, 2.45) is 0 Å². The van der Waals surface area contributed by atoms with Crippen LogP contribution in [-0.2, 0) is 11.4 Å². The van der Waals surface area contributed by atoms with Gasteiger partial charge in [-0.3, -0.25) is 10.3 Å². The summed E-state index contributed by atoms with van der Waals surface area (Å²) in [7, 11) is 0. The van der Waals surface area contributed by atoms with E-state index >= 15 is 0 Å². The Morgan fingerprint density at radius 3 is 2.66 bits per heavy atom. The van der Waals surface area contributed by atoms with Gasteiger partial charge in [0.25, 0.3) is 0 Å². The molecule has 144 valence electrons. The summed E-state index contributed by atoms with van der Waals surface area (Å²) in [5, 5.41) is 4.28. The van der Waals surface area contributed by atoms with Crippen molar-refractivity contribution in [3.8, 4) is 0 Å². The van der Waals surface area contributed by atoms with Crippen molar-refractivity contribution in [3.63, 3.8) is 0 Å². The van der Waals surface area contributed by atoms with E-state index in [0.29, 0.717) is 12.3 Å². The van der Waals surface area contributed by atoms with E-state index in [9.17, 15) is 4.39 Å². The summed E-state index contributed by atoms with van der Waals surface area (Å²) < 4.78 is 13.0. The van der Waals surface area contributed by atoms with Crippen LogP contribution < -0.4 is 10.8 Å². The molecule has 1 heterocycles. The van der Waals surface area contributed by atoms with Crippen molar-refractivity contribution in [1.29, 1.82) is 0 Å². The first-order valence-corrected chi connectivity index (χ1v) is 9.07. The minimum absolute atomic E-state index is 0.271. The van der Waals surface area contributed by atoms with Gasteiger partial charge in [0.2, 0.25) is 0 Å². The molecule has 3 aromatic carbocycles. The lowest BCUT2D eigenvalue weighted by Crippen LogP contribution is -2.12. The van der Waals surface area contributed by atoms with E-state index in [4.69, 9.17) is 4.84 Å². The molecular weight excluding hydrogens is 367 g/mol. The highest BCUT2D eigenvalue weighted by Crippen LogP contribution is 2.24.